The standard InChI is InChI=1S/C15H26O2Si/c1-13(2)8-7-11-16-18(4,5)17-15-10-6-9-14(3)12-15/h6,9-10,12-13H,7-8,11H2,1-5H3. The number of hydrogen-bond acceptors (Lipinski definition) is 2. The second-order valence-corrected chi connectivity index (χ2v) is 9.00. The minimum absolute atomic E-state index is 0.746. The molecule has 0 atom stereocenters. The Morgan fingerprint density at radius 1 is 1.22 bits per heavy atom. The van der Waals surface area contributed by atoms with Crippen molar-refractivity contribution in [1.29, 1.82) is 0 Å². The summed E-state index contributed by atoms with van der Waals surface area (Å²) in [4.78, 5) is 0. The largest absolute Gasteiger partial charge is 0.520 e. The highest BCUT2D eigenvalue weighted by molar-refractivity contribution is 6.65. The second-order valence-electron chi connectivity index (χ2n) is 5.70. The highest BCUT2D eigenvalue weighted by atomic mass is 28.4. The van der Waals surface area contributed by atoms with Gasteiger partial charge in [0.2, 0.25) is 0 Å². The van der Waals surface area contributed by atoms with Gasteiger partial charge >= 0.3 is 8.56 Å². The molecule has 0 bridgehead atoms. The van der Waals surface area contributed by atoms with Gasteiger partial charge in [-0.2, -0.15) is 0 Å². The monoisotopic (exact) mass is 266 g/mol. The molecule has 0 saturated heterocycles. The zero-order valence-electron chi connectivity index (χ0n) is 12.3. The molecule has 1 aromatic rings. The fraction of sp³-hybridized carbons (Fsp3) is 0.600. The van der Waals surface area contributed by atoms with Crippen LogP contribution >= 0.6 is 0 Å². The van der Waals surface area contributed by atoms with Crippen LogP contribution < -0.4 is 4.43 Å². The summed E-state index contributed by atoms with van der Waals surface area (Å²) >= 11 is 0. The molecule has 0 aliphatic heterocycles. The van der Waals surface area contributed by atoms with Gasteiger partial charge in [-0.15, -0.1) is 0 Å². The molecular weight excluding hydrogens is 240 g/mol. The number of aryl methyl sites for hydroxylation is 1. The predicted molar refractivity (Wildman–Crippen MR) is 79.3 cm³/mol. The van der Waals surface area contributed by atoms with Crippen molar-refractivity contribution in [2.24, 2.45) is 5.92 Å². The van der Waals surface area contributed by atoms with Crippen LogP contribution in [0.1, 0.15) is 32.3 Å². The van der Waals surface area contributed by atoms with Crippen LogP contribution in [0.25, 0.3) is 0 Å². The highest BCUT2D eigenvalue weighted by Crippen LogP contribution is 2.18. The maximum absolute atomic E-state index is 6.01. The van der Waals surface area contributed by atoms with E-state index in [1.165, 1.54) is 12.0 Å². The van der Waals surface area contributed by atoms with Gasteiger partial charge in [-0.1, -0.05) is 26.0 Å². The molecule has 0 aromatic heterocycles. The van der Waals surface area contributed by atoms with Crippen molar-refractivity contribution in [1.82, 2.24) is 0 Å². The SMILES string of the molecule is Cc1cccc(O[Si](C)(C)OCCCC(C)C)c1. The summed E-state index contributed by atoms with van der Waals surface area (Å²) < 4.78 is 11.9. The first-order valence-electron chi connectivity index (χ1n) is 6.79. The maximum atomic E-state index is 6.01. The molecule has 2 nitrogen and oxygen atoms in total. The van der Waals surface area contributed by atoms with E-state index in [4.69, 9.17) is 8.85 Å². The molecule has 0 aliphatic carbocycles. The smallest absolute Gasteiger partial charge is 0.392 e. The van der Waals surface area contributed by atoms with E-state index in [1.54, 1.807) is 0 Å². The van der Waals surface area contributed by atoms with E-state index in [0.29, 0.717) is 0 Å². The van der Waals surface area contributed by atoms with Crippen LogP contribution in [0.2, 0.25) is 13.1 Å². The molecule has 0 amide bonds. The van der Waals surface area contributed by atoms with Crippen LogP contribution in [0.4, 0.5) is 0 Å². The van der Waals surface area contributed by atoms with Crippen molar-refractivity contribution in [3.8, 4) is 5.75 Å². The molecule has 0 saturated carbocycles. The zero-order valence-corrected chi connectivity index (χ0v) is 13.3. The molecule has 0 aliphatic rings. The molecular formula is C15H26O2Si. The van der Waals surface area contributed by atoms with E-state index in [-0.39, 0.29) is 0 Å². The first-order chi connectivity index (χ1) is 8.39. The summed E-state index contributed by atoms with van der Waals surface area (Å²) in [7, 11) is -2.04. The van der Waals surface area contributed by atoms with Crippen molar-refractivity contribution < 1.29 is 8.85 Å². The van der Waals surface area contributed by atoms with Crippen molar-refractivity contribution in [2.75, 3.05) is 6.61 Å². The Morgan fingerprint density at radius 3 is 2.56 bits per heavy atom. The molecule has 0 N–H and O–H groups in total. The second kappa shape index (κ2) is 6.95. The third kappa shape index (κ3) is 6.22. The summed E-state index contributed by atoms with van der Waals surface area (Å²) in [6.07, 6.45) is 2.33. The van der Waals surface area contributed by atoms with Gasteiger partial charge in [-0.3, -0.25) is 0 Å². The third-order valence-corrected chi connectivity index (χ3v) is 4.36. The van der Waals surface area contributed by atoms with Gasteiger partial charge in [0, 0.05) is 6.61 Å². The molecule has 18 heavy (non-hydrogen) atoms. The lowest BCUT2D eigenvalue weighted by molar-refractivity contribution is 0.237. The Balaban J connectivity index is 2.39. The molecule has 3 heteroatoms. The first-order valence-corrected chi connectivity index (χ1v) is 9.60. The van der Waals surface area contributed by atoms with E-state index in [0.717, 1.165) is 24.7 Å². The lowest BCUT2D eigenvalue weighted by Gasteiger charge is -2.24. The maximum Gasteiger partial charge on any atom is 0.392 e. The summed E-state index contributed by atoms with van der Waals surface area (Å²) in [6.45, 7) is 11.6. The van der Waals surface area contributed by atoms with Gasteiger partial charge in [0.15, 0.2) is 0 Å². The van der Waals surface area contributed by atoms with Crippen LogP contribution in [0.3, 0.4) is 0 Å². The summed E-state index contributed by atoms with van der Waals surface area (Å²) in [5.41, 5.74) is 1.22. The molecule has 102 valence electrons. The Kier molecular flexibility index (Phi) is 5.89. The Hall–Kier alpha value is -0.803. The summed E-state index contributed by atoms with van der Waals surface area (Å²) in [5.74, 6) is 1.67. The average molecular weight is 266 g/mol. The third-order valence-electron chi connectivity index (χ3n) is 2.73. The summed E-state index contributed by atoms with van der Waals surface area (Å²) in [5, 5.41) is 0. The molecule has 0 spiro atoms. The Bertz CT molecular complexity index is 361. The van der Waals surface area contributed by atoms with E-state index >= 15 is 0 Å². The van der Waals surface area contributed by atoms with Crippen molar-refractivity contribution in [2.45, 2.75) is 46.7 Å². The first kappa shape index (κ1) is 15.3. The molecule has 0 fully saturated rings. The van der Waals surface area contributed by atoms with Gasteiger partial charge in [0.05, 0.1) is 0 Å². The van der Waals surface area contributed by atoms with Crippen molar-refractivity contribution in [3.63, 3.8) is 0 Å². The van der Waals surface area contributed by atoms with Gasteiger partial charge in [0.1, 0.15) is 5.75 Å². The van der Waals surface area contributed by atoms with Crippen LogP contribution in [-0.2, 0) is 4.43 Å². The van der Waals surface area contributed by atoms with Gasteiger partial charge in [-0.25, -0.2) is 0 Å². The lowest BCUT2D eigenvalue weighted by Crippen LogP contribution is -2.38. The van der Waals surface area contributed by atoms with E-state index in [9.17, 15) is 0 Å². The van der Waals surface area contributed by atoms with Crippen molar-refractivity contribution >= 4 is 8.56 Å². The normalized spacial score (nSPS) is 11.9. The minimum atomic E-state index is -2.04. The van der Waals surface area contributed by atoms with E-state index < -0.39 is 8.56 Å². The van der Waals surface area contributed by atoms with Gasteiger partial charge in [0.25, 0.3) is 0 Å². The zero-order chi connectivity index (χ0) is 13.6. The van der Waals surface area contributed by atoms with E-state index in [2.05, 4.69) is 46.0 Å². The minimum Gasteiger partial charge on any atom is -0.520 e. The van der Waals surface area contributed by atoms with E-state index in [1.807, 2.05) is 12.1 Å². The molecule has 0 unspecified atom stereocenters. The topological polar surface area (TPSA) is 18.5 Å². The number of hydrogen-bond donors (Lipinski definition) is 0. The van der Waals surface area contributed by atoms with Crippen LogP contribution in [-0.4, -0.2) is 15.2 Å². The number of benzene rings is 1. The number of rotatable bonds is 7. The Morgan fingerprint density at radius 2 is 1.94 bits per heavy atom. The Labute approximate surface area is 113 Å². The quantitative estimate of drug-likeness (QED) is 0.533. The fourth-order valence-electron chi connectivity index (χ4n) is 1.80. The van der Waals surface area contributed by atoms with Gasteiger partial charge in [-0.05, 0) is 56.5 Å². The molecule has 0 radical (unpaired) electrons. The predicted octanol–water partition coefficient (Wildman–Crippen LogP) is 4.53. The summed E-state index contributed by atoms with van der Waals surface area (Å²) in [6, 6.07) is 8.16. The molecule has 0 heterocycles. The molecule has 1 aromatic carbocycles. The van der Waals surface area contributed by atoms with Crippen LogP contribution in [0.5, 0.6) is 5.75 Å². The van der Waals surface area contributed by atoms with Crippen LogP contribution in [0.15, 0.2) is 24.3 Å². The van der Waals surface area contributed by atoms with Crippen molar-refractivity contribution in [3.05, 3.63) is 29.8 Å². The fourth-order valence-corrected chi connectivity index (χ4v) is 3.19. The van der Waals surface area contributed by atoms with Gasteiger partial charge < -0.3 is 8.85 Å². The highest BCUT2D eigenvalue weighted by Gasteiger charge is 2.26. The average Bonchev–Trinajstić information content (AvgIpc) is 2.23. The van der Waals surface area contributed by atoms with Crippen LogP contribution in [0, 0.1) is 12.8 Å². The molecule has 1 rings (SSSR count). The lowest BCUT2D eigenvalue weighted by atomic mass is 10.1.